The molecule has 3 N–H and O–H groups in total. The maximum atomic E-state index is 14.4. The van der Waals surface area contributed by atoms with Crippen LogP contribution in [0.1, 0.15) is 106 Å². The Hall–Kier alpha value is -2.31. The Kier molecular flexibility index (Phi) is 15.1. The Balaban J connectivity index is 1.08. The van der Waals surface area contributed by atoms with Gasteiger partial charge in [-0.2, -0.15) is 0 Å². The number of rotatable bonds is 7. The largest absolute Gasteiger partial charge is 0.462 e. The predicted molar refractivity (Wildman–Crippen MR) is 234 cm³/mol. The first-order valence-electron chi connectivity index (χ1n) is 24.0. The van der Waals surface area contributed by atoms with Gasteiger partial charge in [-0.1, -0.05) is 69.6 Å². The van der Waals surface area contributed by atoms with Crippen LogP contribution in [0.3, 0.4) is 0 Å². The number of ether oxygens (including phenoxy) is 10. The highest BCUT2D eigenvalue weighted by Gasteiger charge is 2.60. The van der Waals surface area contributed by atoms with E-state index in [1.54, 1.807) is 40.2 Å². The highest BCUT2D eigenvalue weighted by atomic mass is 16.7. The van der Waals surface area contributed by atoms with Crippen molar-refractivity contribution in [1.29, 1.82) is 0 Å². The molecule has 3 unspecified atom stereocenters. The standard InChI is InChI=1S/C50H74O14/c1-27-13-12-16-34-26-57-47-42(51)30(4)21-37(50(34,47)54)48(53)60-36-22-35(63-49(25-36)20-19-29(3)45(64-49)33-14-10-9-11-15-33)18-17-28(2)44(27)61-41-24-39(56-8)46(32(6)59-41)62-40-23-38(55-7)43(52)31(5)58-40/h12-13,16-17,19-21,27,29,31-33,35-47,51-52,54H,9-11,14-15,18,22-26H2,1-8H3/b13-12+,28-17+,34-16+/t27-,29-,31-,32-,35+,36-,37-,38-,39-,40-,41?,42+,43-,44-,45-,46?,47?,49+,50+/m0/s1. The number of esters is 1. The molecular formula is C50H74O14. The van der Waals surface area contributed by atoms with Crippen LogP contribution < -0.4 is 0 Å². The highest BCUT2D eigenvalue weighted by molar-refractivity contribution is 5.78. The quantitative estimate of drug-likeness (QED) is 0.204. The number of fused-ring (bicyclic) bond motifs is 2. The lowest BCUT2D eigenvalue weighted by atomic mass is 9.71. The number of aliphatic hydroxyl groups excluding tert-OH is 2. The van der Waals surface area contributed by atoms with Crippen molar-refractivity contribution in [2.45, 2.75) is 203 Å². The van der Waals surface area contributed by atoms with Gasteiger partial charge in [0.05, 0.1) is 49.3 Å². The molecule has 1 spiro atoms. The number of methoxy groups -OCH3 is 2. The van der Waals surface area contributed by atoms with Crippen molar-refractivity contribution in [3.8, 4) is 0 Å². The SMILES string of the molecule is CO[C@H]1CC(O[C@@H]2/C(C)=C/C[C@@H]3C[C@@H](C[C@]4(C=C[C@H](C)[C@@H](C5CCCCC5)O4)O3)OC(=O)[C@@H]3C=C(C)[C@@H](O)C4OC/C(=C\C=C\[C@@H]2C)[C@]43O)O[C@@H](C)C1O[C@H]1C[C@H](OC)[C@@H](O)[C@H](C)O1. The Morgan fingerprint density at radius 3 is 2.28 bits per heavy atom. The fourth-order valence-corrected chi connectivity index (χ4v) is 11.7. The van der Waals surface area contributed by atoms with Gasteiger partial charge in [0, 0.05) is 51.7 Å². The predicted octanol–water partition coefficient (Wildman–Crippen LogP) is 5.91. The van der Waals surface area contributed by atoms with E-state index < -0.39 is 90.8 Å². The fourth-order valence-electron chi connectivity index (χ4n) is 11.7. The summed E-state index contributed by atoms with van der Waals surface area (Å²) in [5.41, 5.74) is 0.166. The molecule has 8 aliphatic rings. The van der Waals surface area contributed by atoms with Crippen LogP contribution in [-0.4, -0.2) is 139 Å². The lowest BCUT2D eigenvalue weighted by Gasteiger charge is -2.49. The van der Waals surface area contributed by atoms with Gasteiger partial charge in [0.25, 0.3) is 0 Å². The van der Waals surface area contributed by atoms with E-state index in [-0.39, 0.29) is 36.8 Å². The molecule has 6 heterocycles. The minimum atomic E-state index is -1.83. The summed E-state index contributed by atoms with van der Waals surface area (Å²) in [4.78, 5) is 14.4. The summed E-state index contributed by atoms with van der Waals surface area (Å²) in [6, 6.07) is 0. The van der Waals surface area contributed by atoms with E-state index in [0.29, 0.717) is 49.2 Å². The first-order chi connectivity index (χ1) is 30.6. The van der Waals surface area contributed by atoms with Crippen LogP contribution in [0, 0.1) is 23.7 Å². The average Bonchev–Trinajstić information content (AvgIpc) is 3.62. The van der Waals surface area contributed by atoms with Gasteiger partial charge < -0.3 is 62.7 Å². The zero-order valence-corrected chi connectivity index (χ0v) is 39.0. The monoisotopic (exact) mass is 899 g/mol. The van der Waals surface area contributed by atoms with Gasteiger partial charge in [0.15, 0.2) is 18.4 Å². The number of aliphatic hydroxyl groups is 3. The Bertz CT molecular complexity index is 1790. The van der Waals surface area contributed by atoms with Gasteiger partial charge in [-0.3, -0.25) is 4.79 Å². The second kappa shape index (κ2) is 20.1. The Morgan fingerprint density at radius 2 is 1.53 bits per heavy atom. The van der Waals surface area contributed by atoms with E-state index in [4.69, 9.17) is 47.4 Å². The molecule has 0 aromatic carbocycles. The molecule has 0 aromatic rings. The molecular weight excluding hydrogens is 825 g/mol. The summed E-state index contributed by atoms with van der Waals surface area (Å²) in [5.74, 6) is -2.32. The molecule has 19 atom stereocenters. The van der Waals surface area contributed by atoms with E-state index >= 15 is 0 Å². The van der Waals surface area contributed by atoms with Crippen LogP contribution in [0.25, 0.3) is 0 Å². The van der Waals surface area contributed by atoms with E-state index in [1.807, 2.05) is 25.2 Å². The second-order valence-electron chi connectivity index (χ2n) is 20.0. The molecule has 5 fully saturated rings. The van der Waals surface area contributed by atoms with Crippen molar-refractivity contribution in [2.75, 3.05) is 20.8 Å². The van der Waals surface area contributed by atoms with Gasteiger partial charge in [-0.15, -0.1) is 0 Å². The topological polar surface area (TPSA) is 170 Å². The van der Waals surface area contributed by atoms with E-state index in [0.717, 1.165) is 18.4 Å². The summed E-state index contributed by atoms with van der Waals surface area (Å²) in [6.45, 7) is 11.9. The minimum Gasteiger partial charge on any atom is -0.462 e. The summed E-state index contributed by atoms with van der Waals surface area (Å²) in [5, 5.41) is 34.3. The van der Waals surface area contributed by atoms with Crippen molar-refractivity contribution in [3.63, 3.8) is 0 Å². The van der Waals surface area contributed by atoms with E-state index in [2.05, 4.69) is 32.9 Å². The molecule has 0 aromatic heterocycles. The Morgan fingerprint density at radius 1 is 0.812 bits per heavy atom. The third-order valence-electron chi connectivity index (χ3n) is 15.4. The number of hydrogen-bond donors (Lipinski definition) is 3. The molecule has 6 aliphatic heterocycles. The number of carbonyl (C=O) groups is 1. The zero-order valence-electron chi connectivity index (χ0n) is 39.0. The molecule has 4 saturated heterocycles. The van der Waals surface area contributed by atoms with Crippen LogP contribution in [0.5, 0.6) is 0 Å². The van der Waals surface area contributed by atoms with Crippen molar-refractivity contribution in [1.82, 2.24) is 0 Å². The molecule has 0 radical (unpaired) electrons. The van der Waals surface area contributed by atoms with E-state index in [1.165, 1.54) is 19.3 Å². The molecule has 64 heavy (non-hydrogen) atoms. The maximum Gasteiger partial charge on any atom is 0.316 e. The molecule has 1 saturated carbocycles. The molecule has 0 amide bonds. The van der Waals surface area contributed by atoms with Crippen LogP contribution in [0.2, 0.25) is 0 Å². The Labute approximate surface area is 379 Å². The lowest BCUT2D eigenvalue weighted by molar-refractivity contribution is -0.318. The normalized spacial score (nSPS) is 49.2. The molecule has 2 aliphatic carbocycles. The second-order valence-corrected chi connectivity index (χ2v) is 20.0. The van der Waals surface area contributed by atoms with Gasteiger partial charge in [0.1, 0.15) is 42.0 Å². The van der Waals surface area contributed by atoms with Gasteiger partial charge in [-0.05, 0) is 75.7 Å². The van der Waals surface area contributed by atoms with Gasteiger partial charge in [0.2, 0.25) is 0 Å². The van der Waals surface area contributed by atoms with E-state index in [9.17, 15) is 20.1 Å². The van der Waals surface area contributed by atoms with Crippen LogP contribution >= 0.6 is 0 Å². The number of carbonyl (C=O) groups excluding carboxylic acids is 1. The first kappa shape index (κ1) is 48.2. The van der Waals surface area contributed by atoms with Gasteiger partial charge >= 0.3 is 5.97 Å². The summed E-state index contributed by atoms with van der Waals surface area (Å²) in [7, 11) is 3.23. The van der Waals surface area contributed by atoms with Gasteiger partial charge in [-0.25, -0.2) is 0 Å². The molecule has 8 rings (SSSR count). The van der Waals surface area contributed by atoms with Crippen LogP contribution in [-0.2, 0) is 52.2 Å². The highest BCUT2D eigenvalue weighted by Crippen LogP contribution is 2.48. The smallest absolute Gasteiger partial charge is 0.316 e. The van der Waals surface area contributed by atoms with Crippen LogP contribution in [0.4, 0.5) is 0 Å². The summed E-state index contributed by atoms with van der Waals surface area (Å²) < 4.78 is 64.1. The average molecular weight is 899 g/mol. The number of hydrogen-bond acceptors (Lipinski definition) is 14. The molecule has 2 bridgehead atoms. The molecule has 358 valence electrons. The third-order valence-corrected chi connectivity index (χ3v) is 15.4. The number of allylic oxidation sites excluding steroid dienone is 2. The van der Waals surface area contributed by atoms with Crippen molar-refractivity contribution in [2.24, 2.45) is 23.7 Å². The molecule has 14 heteroatoms. The summed E-state index contributed by atoms with van der Waals surface area (Å²) >= 11 is 0. The maximum absolute atomic E-state index is 14.4. The minimum absolute atomic E-state index is 0.0242. The van der Waals surface area contributed by atoms with Crippen molar-refractivity contribution < 1.29 is 67.5 Å². The van der Waals surface area contributed by atoms with Crippen molar-refractivity contribution in [3.05, 3.63) is 59.3 Å². The zero-order chi connectivity index (χ0) is 45.5. The summed E-state index contributed by atoms with van der Waals surface area (Å²) in [6.07, 6.45) is 13.8. The van der Waals surface area contributed by atoms with Crippen molar-refractivity contribution >= 4 is 5.97 Å². The third kappa shape index (κ3) is 9.82. The fraction of sp³-hybridized carbons (Fsp3) is 0.780. The molecule has 14 nitrogen and oxygen atoms in total. The van der Waals surface area contributed by atoms with Crippen LogP contribution in [0.15, 0.2) is 59.3 Å². The first-order valence-corrected chi connectivity index (χ1v) is 24.0. The lowest BCUT2D eigenvalue weighted by Crippen LogP contribution is -2.58.